The van der Waals surface area contributed by atoms with Gasteiger partial charge < -0.3 is 19.7 Å². The van der Waals surface area contributed by atoms with E-state index in [-0.39, 0.29) is 11.4 Å². The Balaban J connectivity index is 1.15. The van der Waals surface area contributed by atoms with Crippen LogP contribution in [0.3, 0.4) is 0 Å². The molecule has 0 saturated carbocycles. The third kappa shape index (κ3) is 5.40. The maximum atomic E-state index is 13.0. The van der Waals surface area contributed by atoms with E-state index in [0.717, 1.165) is 75.5 Å². The molecule has 2 saturated heterocycles. The van der Waals surface area contributed by atoms with Crippen molar-refractivity contribution in [3.8, 4) is 11.5 Å². The minimum Gasteiger partial charge on any atom is -0.490 e. The van der Waals surface area contributed by atoms with Crippen LogP contribution in [0.4, 0.5) is 4.79 Å². The van der Waals surface area contributed by atoms with Crippen molar-refractivity contribution < 1.29 is 14.3 Å². The van der Waals surface area contributed by atoms with Gasteiger partial charge in [0, 0.05) is 44.6 Å². The normalized spacial score (nSPS) is 22.6. The number of rotatable bonds is 4. The summed E-state index contributed by atoms with van der Waals surface area (Å²) in [4.78, 5) is 17.5. The van der Waals surface area contributed by atoms with Crippen LogP contribution < -0.4 is 14.8 Å². The summed E-state index contributed by atoms with van der Waals surface area (Å²) < 4.78 is 11.5. The lowest BCUT2D eigenvalue weighted by molar-refractivity contribution is 0.107. The number of likely N-dealkylation sites (tertiary alicyclic amines) is 2. The van der Waals surface area contributed by atoms with Gasteiger partial charge in [-0.25, -0.2) is 4.79 Å². The molecule has 0 aliphatic carbocycles. The molecule has 0 bridgehead atoms. The van der Waals surface area contributed by atoms with Gasteiger partial charge in [0.05, 0.1) is 23.3 Å². The number of urea groups is 1. The first kappa shape index (κ1) is 23.6. The van der Waals surface area contributed by atoms with Crippen molar-refractivity contribution in [1.82, 2.24) is 15.1 Å². The van der Waals surface area contributed by atoms with E-state index >= 15 is 0 Å². The van der Waals surface area contributed by atoms with Gasteiger partial charge in [0.2, 0.25) is 0 Å². The summed E-state index contributed by atoms with van der Waals surface area (Å²) in [5.41, 5.74) is 2.35. The van der Waals surface area contributed by atoms with Crippen LogP contribution in [0.25, 0.3) is 0 Å². The summed E-state index contributed by atoms with van der Waals surface area (Å²) >= 11 is 12.3. The molecule has 3 heterocycles. The van der Waals surface area contributed by atoms with Gasteiger partial charge in [-0.1, -0.05) is 35.3 Å². The molecule has 2 fully saturated rings. The minimum atomic E-state index is 0.00844. The standard InChI is InChI=1S/C26H31Cl2N3O3/c27-21-5-3-20(13-22(21)28)16-30-10-8-26(17-30)7-1-9-31(18-26)25(32)29-15-19-4-6-23-24(14-19)34-12-2-11-33-23/h3-6,13-14H,1-2,7-12,15-18H2,(H,29,32). The number of ether oxygens (including phenoxy) is 2. The van der Waals surface area contributed by atoms with E-state index in [1.807, 2.05) is 41.3 Å². The average Bonchev–Trinajstić information content (AvgIpc) is 3.06. The number of hydrogen-bond acceptors (Lipinski definition) is 4. The highest BCUT2D eigenvalue weighted by Crippen LogP contribution is 2.39. The van der Waals surface area contributed by atoms with Gasteiger partial charge in [-0.3, -0.25) is 4.90 Å². The number of amides is 2. The van der Waals surface area contributed by atoms with Crippen LogP contribution in [0.2, 0.25) is 10.0 Å². The molecule has 1 atom stereocenters. The molecule has 6 nitrogen and oxygen atoms in total. The lowest BCUT2D eigenvalue weighted by Gasteiger charge is -2.40. The number of piperidine rings is 1. The summed E-state index contributed by atoms with van der Waals surface area (Å²) in [6, 6.07) is 11.8. The third-order valence-corrected chi connectivity index (χ3v) is 7.85. The number of benzene rings is 2. The zero-order valence-electron chi connectivity index (χ0n) is 19.3. The Labute approximate surface area is 211 Å². The van der Waals surface area contributed by atoms with Gasteiger partial charge in [-0.2, -0.15) is 0 Å². The van der Waals surface area contributed by atoms with Gasteiger partial charge >= 0.3 is 6.03 Å². The maximum absolute atomic E-state index is 13.0. The summed E-state index contributed by atoms with van der Waals surface area (Å²) in [6.45, 7) is 6.30. The molecule has 2 aromatic rings. The van der Waals surface area contributed by atoms with Gasteiger partial charge in [0.1, 0.15) is 0 Å². The van der Waals surface area contributed by atoms with Crippen LogP contribution in [-0.2, 0) is 13.1 Å². The molecule has 5 rings (SSSR count). The fraction of sp³-hybridized carbons (Fsp3) is 0.500. The number of carbonyl (C=O) groups is 1. The predicted octanol–water partition coefficient (Wildman–Crippen LogP) is 5.35. The Morgan fingerprint density at radius 2 is 1.74 bits per heavy atom. The van der Waals surface area contributed by atoms with Crippen molar-refractivity contribution in [2.75, 3.05) is 39.4 Å². The Morgan fingerprint density at radius 1 is 0.912 bits per heavy atom. The first-order chi connectivity index (χ1) is 16.5. The molecule has 34 heavy (non-hydrogen) atoms. The van der Waals surface area contributed by atoms with E-state index in [4.69, 9.17) is 32.7 Å². The largest absolute Gasteiger partial charge is 0.490 e. The lowest BCUT2D eigenvalue weighted by Crippen LogP contribution is -2.50. The monoisotopic (exact) mass is 503 g/mol. The van der Waals surface area contributed by atoms with Crippen molar-refractivity contribution in [2.45, 2.75) is 38.8 Å². The Bertz CT molecular complexity index is 1050. The number of hydrogen-bond donors (Lipinski definition) is 1. The Morgan fingerprint density at radius 3 is 2.59 bits per heavy atom. The van der Waals surface area contributed by atoms with Crippen molar-refractivity contribution in [2.24, 2.45) is 5.41 Å². The second-order valence-corrected chi connectivity index (χ2v) is 10.5. The topological polar surface area (TPSA) is 54.0 Å². The summed E-state index contributed by atoms with van der Waals surface area (Å²) in [5.74, 6) is 1.53. The molecule has 3 aliphatic rings. The molecular weight excluding hydrogens is 473 g/mol. The number of carbonyl (C=O) groups excluding carboxylic acids is 1. The molecule has 1 N–H and O–H groups in total. The number of nitrogens with zero attached hydrogens (tertiary/aromatic N) is 2. The minimum absolute atomic E-state index is 0.00844. The van der Waals surface area contributed by atoms with Crippen LogP contribution >= 0.6 is 23.2 Å². The predicted molar refractivity (Wildman–Crippen MR) is 134 cm³/mol. The lowest BCUT2D eigenvalue weighted by atomic mass is 9.79. The summed E-state index contributed by atoms with van der Waals surface area (Å²) in [7, 11) is 0. The van der Waals surface area contributed by atoms with Gasteiger partial charge in [-0.05, 0) is 61.2 Å². The maximum Gasteiger partial charge on any atom is 0.317 e. The van der Waals surface area contributed by atoms with Crippen LogP contribution in [0.15, 0.2) is 36.4 Å². The molecule has 0 radical (unpaired) electrons. The van der Waals surface area contributed by atoms with Crippen LogP contribution in [-0.4, -0.2) is 55.2 Å². The molecule has 3 aliphatic heterocycles. The van der Waals surface area contributed by atoms with Crippen LogP contribution in [0.5, 0.6) is 11.5 Å². The highest BCUT2D eigenvalue weighted by Gasteiger charge is 2.42. The van der Waals surface area contributed by atoms with Crippen molar-refractivity contribution in [1.29, 1.82) is 0 Å². The van der Waals surface area contributed by atoms with E-state index in [1.54, 1.807) is 0 Å². The average molecular weight is 504 g/mol. The zero-order valence-corrected chi connectivity index (χ0v) is 20.8. The highest BCUT2D eigenvalue weighted by atomic mass is 35.5. The van der Waals surface area contributed by atoms with Gasteiger partial charge in [0.25, 0.3) is 0 Å². The van der Waals surface area contributed by atoms with E-state index < -0.39 is 0 Å². The Hall–Kier alpha value is -2.15. The van der Waals surface area contributed by atoms with Gasteiger partial charge in [0.15, 0.2) is 11.5 Å². The number of nitrogens with one attached hydrogen (secondary N) is 1. The molecule has 2 amide bonds. The molecule has 1 spiro atoms. The van der Waals surface area contributed by atoms with E-state index in [2.05, 4.69) is 10.2 Å². The summed E-state index contributed by atoms with van der Waals surface area (Å²) in [6.07, 6.45) is 4.19. The fourth-order valence-corrected chi connectivity index (χ4v) is 5.70. The van der Waals surface area contributed by atoms with Gasteiger partial charge in [-0.15, -0.1) is 0 Å². The van der Waals surface area contributed by atoms with Crippen molar-refractivity contribution >= 4 is 29.2 Å². The zero-order chi connectivity index (χ0) is 23.5. The van der Waals surface area contributed by atoms with Crippen molar-refractivity contribution in [3.63, 3.8) is 0 Å². The number of fused-ring (bicyclic) bond motifs is 1. The smallest absolute Gasteiger partial charge is 0.317 e. The molecule has 1 unspecified atom stereocenters. The number of halogens is 2. The first-order valence-electron chi connectivity index (χ1n) is 12.1. The summed E-state index contributed by atoms with van der Waals surface area (Å²) in [5, 5.41) is 4.30. The SMILES string of the molecule is O=C(NCc1ccc2c(c1)OCCCO2)N1CCCC2(CCN(Cc3ccc(Cl)c(Cl)c3)C2)C1. The fourth-order valence-electron chi connectivity index (χ4n) is 5.38. The van der Waals surface area contributed by atoms with E-state index in [1.165, 1.54) is 5.56 Å². The second-order valence-electron chi connectivity index (χ2n) is 9.72. The third-order valence-electron chi connectivity index (χ3n) is 7.11. The second kappa shape index (κ2) is 10.2. The molecule has 2 aromatic carbocycles. The molecule has 182 valence electrons. The van der Waals surface area contributed by atoms with E-state index in [0.29, 0.717) is 29.8 Å². The van der Waals surface area contributed by atoms with Crippen LogP contribution in [0, 0.1) is 5.41 Å². The quantitative estimate of drug-likeness (QED) is 0.610. The first-order valence-corrected chi connectivity index (χ1v) is 12.8. The van der Waals surface area contributed by atoms with Crippen LogP contribution in [0.1, 0.15) is 36.8 Å². The van der Waals surface area contributed by atoms with E-state index in [9.17, 15) is 4.79 Å². The molecular formula is C26H31Cl2N3O3. The molecule has 0 aromatic heterocycles. The Kier molecular flexibility index (Phi) is 7.09. The highest BCUT2D eigenvalue weighted by molar-refractivity contribution is 6.42. The molecule has 8 heteroatoms. The van der Waals surface area contributed by atoms with Crippen molar-refractivity contribution in [3.05, 3.63) is 57.6 Å².